The highest BCUT2D eigenvalue weighted by Gasteiger charge is 2.28. The number of halogens is 4. The van der Waals surface area contributed by atoms with Crippen LogP contribution < -0.4 is 4.74 Å². The number of carboxylic acid groups (broad SMARTS) is 1. The van der Waals surface area contributed by atoms with E-state index < -0.39 is 18.8 Å². The lowest BCUT2D eigenvalue weighted by atomic mass is 10.2. The molecule has 1 rings (SSSR count). The molecule has 1 N–H and O–H groups in total. The van der Waals surface area contributed by atoms with Gasteiger partial charge in [0, 0.05) is 4.47 Å². The zero-order valence-electron chi connectivity index (χ0n) is 7.71. The lowest BCUT2D eigenvalue weighted by molar-refractivity contribution is -0.153. The maximum Gasteiger partial charge on any atom is 0.422 e. The maximum atomic E-state index is 11.8. The third kappa shape index (κ3) is 3.73. The van der Waals surface area contributed by atoms with Gasteiger partial charge in [-0.05, 0) is 34.1 Å². The molecule has 0 radical (unpaired) electrons. The molecule has 16 heavy (non-hydrogen) atoms. The fourth-order valence-corrected chi connectivity index (χ4v) is 1.34. The largest absolute Gasteiger partial charge is 0.484 e. The van der Waals surface area contributed by atoms with Crippen molar-refractivity contribution in [3.05, 3.63) is 28.2 Å². The second-order valence-electron chi connectivity index (χ2n) is 2.85. The van der Waals surface area contributed by atoms with Gasteiger partial charge in [0.15, 0.2) is 6.61 Å². The van der Waals surface area contributed by atoms with Crippen molar-refractivity contribution in [3.63, 3.8) is 0 Å². The molecule has 7 heteroatoms. The quantitative estimate of drug-likeness (QED) is 0.933. The first kappa shape index (κ1) is 12.8. The Kier molecular flexibility index (Phi) is 3.79. The van der Waals surface area contributed by atoms with Crippen molar-refractivity contribution in [2.24, 2.45) is 0 Å². The van der Waals surface area contributed by atoms with Gasteiger partial charge >= 0.3 is 12.1 Å². The van der Waals surface area contributed by atoms with Crippen LogP contribution in [-0.2, 0) is 0 Å². The number of rotatable bonds is 3. The smallest absolute Gasteiger partial charge is 0.422 e. The predicted molar refractivity (Wildman–Crippen MR) is 52.7 cm³/mol. The van der Waals surface area contributed by atoms with Crippen LogP contribution >= 0.6 is 15.9 Å². The van der Waals surface area contributed by atoms with Gasteiger partial charge in [-0.2, -0.15) is 13.2 Å². The Morgan fingerprint density at radius 3 is 2.56 bits per heavy atom. The van der Waals surface area contributed by atoms with Gasteiger partial charge in [0.2, 0.25) is 0 Å². The van der Waals surface area contributed by atoms with E-state index in [4.69, 9.17) is 5.11 Å². The van der Waals surface area contributed by atoms with Crippen molar-refractivity contribution in [1.29, 1.82) is 0 Å². The van der Waals surface area contributed by atoms with Crippen LogP contribution in [0.3, 0.4) is 0 Å². The maximum absolute atomic E-state index is 11.8. The van der Waals surface area contributed by atoms with E-state index >= 15 is 0 Å². The highest BCUT2D eigenvalue weighted by atomic mass is 79.9. The standard InChI is InChI=1S/C9H6BrF3O3/c10-7-2-1-5(3-6(7)8(14)15)16-4-9(11,12)13/h1-3H,4H2,(H,14,15). The number of hydrogen-bond donors (Lipinski definition) is 1. The average Bonchev–Trinajstić information content (AvgIpc) is 2.14. The highest BCUT2D eigenvalue weighted by molar-refractivity contribution is 9.10. The molecule has 0 atom stereocenters. The Labute approximate surface area is 97.0 Å². The zero-order valence-corrected chi connectivity index (χ0v) is 9.30. The van der Waals surface area contributed by atoms with E-state index in [9.17, 15) is 18.0 Å². The fraction of sp³-hybridized carbons (Fsp3) is 0.222. The van der Waals surface area contributed by atoms with Crippen LogP contribution in [0, 0.1) is 0 Å². The second kappa shape index (κ2) is 4.73. The minimum Gasteiger partial charge on any atom is -0.484 e. The Bertz CT molecular complexity index is 403. The van der Waals surface area contributed by atoms with Gasteiger partial charge in [-0.25, -0.2) is 4.79 Å². The summed E-state index contributed by atoms with van der Waals surface area (Å²) >= 11 is 2.96. The van der Waals surface area contributed by atoms with E-state index in [-0.39, 0.29) is 15.8 Å². The highest BCUT2D eigenvalue weighted by Crippen LogP contribution is 2.24. The van der Waals surface area contributed by atoms with Gasteiger partial charge in [-0.1, -0.05) is 0 Å². The van der Waals surface area contributed by atoms with Gasteiger partial charge in [0.25, 0.3) is 0 Å². The molecule has 0 heterocycles. The average molecular weight is 299 g/mol. The normalized spacial score (nSPS) is 11.2. The summed E-state index contributed by atoms with van der Waals surface area (Å²) < 4.78 is 40.2. The summed E-state index contributed by atoms with van der Waals surface area (Å²) in [4.78, 5) is 10.7. The lowest BCUT2D eigenvalue weighted by Crippen LogP contribution is -2.19. The number of aromatic carboxylic acids is 1. The van der Waals surface area contributed by atoms with Crippen LogP contribution in [0.4, 0.5) is 13.2 Å². The summed E-state index contributed by atoms with van der Waals surface area (Å²) in [5.74, 6) is -1.39. The molecule has 0 aliphatic carbocycles. The van der Waals surface area contributed by atoms with Crippen molar-refractivity contribution in [2.75, 3.05) is 6.61 Å². The van der Waals surface area contributed by atoms with Crippen molar-refractivity contribution < 1.29 is 27.8 Å². The molecule has 0 aliphatic heterocycles. The van der Waals surface area contributed by atoms with Crippen LogP contribution in [0.15, 0.2) is 22.7 Å². The second-order valence-corrected chi connectivity index (χ2v) is 3.70. The third-order valence-electron chi connectivity index (χ3n) is 1.57. The first-order valence-corrected chi connectivity index (χ1v) is 4.81. The SMILES string of the molecule is O=C(O)c1cc(OCC(F)(F)F)ccc1Br. The molecule has 0 bridgehead atoms. The molecular weight excluding hydrogens is 293 g/mol. The van der Waals surface area contributed by atoms with Gasteiger partial charge in [0.05, 0.1) is 5.56 Å². The summed E-state index contributed by atoms with van der Waals surface area (Å²) in [7, 11) is 0. The lowest BCUT2D eigenvalue weighted by Gasteiger charge is -2.09. The molecule has 0 amide bonds. The molecule has 1 aromatic rings. The van der Waals surface area contributed by atoms with Gasteiger partial charge in [-0.3, -0.25) is 0 Å². The summed E-state index contributed by atoms with van der Waals surface area (Å²) in [5, 5.41) is 8.71. The first-order chi connectivity index (χ1) is 7.29. The monoisotopic (exact) mass is 298 g/mol. The van der Waals surface area contributed by atoms with Crippen molar-refractivity contribution in [1.82, 2.24) is 0 Å². The first-order valence-electron chi connectivity index (χ1n) is 4.02. The molecule has 0 saturated carbocycles. The molecule has 1 aromatic carbocycles. The van der Waals surface area contributed by atoms with Gasteiger partial charge in [0.1, 0.15) is 5.75 Å². The van der Waals surface area contributed by atoms with Crippen LogP contribution in [0.1, 0.15) is 10.4 Å². The summed E-state index contributed by atoms with van der Waals surface area (Å²) in [6, 6.07) is 3.59. The fourth-order valence-electron chi connectivity index (χ4n) is 0.923. The van der Waals surface area contributed by atoms with Crippen LogP contribution in [0.25, 0.3) is 0 Å². The van der Waals surface area contributed by atoms with Gasteiger partial charge in [-0.15, -0.1) is 0 Å². The zero-order chi connectivity index (χ0) is 12.3. The Morgan fingerprint density at radius 2 is 2.06 bits per heavy atom. The number of carboxylic acids is 1. The van der Waals surface area contributed by atoms with Crippen molar-refractivity contribution in [3.8, 4) is 5.75 Å². The summed E-state index contributed by atoms with van der Waals surface area (Å²) in [6.07, 6.45) is -4.45. The molecule has 88 valence electrons. The number of carbonyl (C=O) groups is 1. The molecular formula is C9H6BrF3O3. The molecule has 0 unspecified atom stereocenters. The van der Waals surface area contributed by atoms with Crippen LogP contribution in [0.2, 0.25) is 0 Å². The molecule has 0 spiro atoms. The Balaban J connectivity index is 2.83. The van der Waals surface area contributed by atoms with Crippen LogP contribution in [0.5, 0.6) is 5.75 Å². The number of hydrogen-bond acceptors (Lipinski definition) is 2. The van der Waals surface area contributed by atoms with E-state index in [0.717, 1.165) is 6.07 Å². The van der Waals surface area contributed by atoms with E-state index in [2.05, 4.69) is 20.7 Å². The molecule has 0 aromatic heterocycles. The van der Waals surface area contributed by atoms with Gasteiger partial charge < -0.3 is 9.84 Å². The number of alkyl halides is 3. The predicted octanol–water partition coefficient (Wildman–Crippen LogP) is 3.09. The molecule has 0 aliphatic rings. The molecule has 0 saturated heterocycles. The Hall–Kier alpha value is -1.24. The van der Waals surface area contributed by atoms with E-state index in [1.54, 1.807) is 0 Å². The molecule has 3 nitrogen and oxygen atoms in total. The topological polar surface area (TPSA) is 46.5 Å². The van der Waals surface area contributed by atoms with E-state index in [1.807, 2.05) is 0 Å². The minimum absolute atomic E-state index is 0.141. The Morgan fingerprint density at radius 1 is 1.44 bits per heavy atom. The summed E-state index contributed by atoms with van der Waals surface area (Å²) in [6.45, 7) is -1.45. The minimum atomic E-state index is -4.45. The number of ether oxygens (including phenoxy) is 1. The molecule has 0 fully saturated rings. The van der Waals surface area contributed by atoms with E-state index in [0.29, 0.717) is 0 Å². The van der Waals surface area contributed by atoms with E-state index in [1.165, 1.54) is 12.1 Å². The van der Waals surface area contributed by atoms with Crippen molar-refractivity contribution in [2.45, 2.75) is 6.18 Å². The van der Waals surface area contributed by atoms with Crippen LogP contribution in [-0.4, -0.2) is 23.9 Å². The van der Waals surface area contributed by atoms with Crippen molar-refractivity contribution >= 4 is 21.9 Å². The third-order valence-corrected chi connectivity index (χ3v) is 2.26. The summed E-state index contributed by atoms with van der Waals surface area (Å²) in [5.41, 5.74) is -0.153. The number of benzene rings is 1.